The molecule has 3 nitrogen and oxygen atoms in total. The summed E-state index contributed by atoms with van der Waals surface area (Å²) in [5.74, 6) is 0. The van der Waals surface area contributed by atoms with Crippen LogP contribution in [-0.2, 0) is 15.4 Å². The Kier molecular flexibility index (Phi) is 3.33. The normalized spacial score (nSPS) is 12.6. The van der Waals surface area contributed by atoms with Gasteiger partial charge in [-0.3, -0.25) is 4.31 Å². The minimum absolute atomic E-state index is 0.0855. The monoisotopic (exact) mass is 241 g/mol. The lowest BCUT2D eigenvalue weighted by molar-refractivity contribution is 0.590. The van der Waals surface area contributed by atoms with Crippen molar-refractivity contribution >= 4 is 15.7 Å². The lowest BCUT2D eigenvalue weighted by Gasteiger charge is -2.21. The van der Waals surface area contributed by atoms with E-state index in [2.05, 4.69) is 20.8 Å². The zero-order valence-electron chi connectivity index (χ0n) is 10.5. The van der Waals surface area contributed by atoms with Crippen LogP contribution in [0, 0.1) is 0 Å². The third-order valence-corrected chi connectivity index (χ3v) is 3.80. The van der Waals surface area contributed by atoms with Crippen molar-refractivity contribution in [3.8, 4) is 0 Å². The van der Waals surface area contributed by atoms with Gasteiger partial charge in [0, 0.05) is 7.05 Å². The van der Waals surface area contributed by atoms with Gasteiger partial charge in [-0.05, 0) is 23.1 Å². The highest BCUT2D eigenvalue weighted by molar-refractivity contribution is 7.92. The summed E-state index contributed by atoms with van der Waals surface area (Å²) in [4.78, 5) is 0. The number of sulfonamides is 1. The molecule has 16 heavy (non-hydrogen) atoms. The average molecular weight is 241 g/mol. The van der Waals surface area contributed by atoms with Crippen molar-refractivity contribution in [2.45, 2.75) is 26.2 Å². The zero-order valence-corrected chi connectivity index (χ0v) is 11.3. The minimum atomic E-state index is -3.17. The van der Waals surface area contributed by atoms with Gasteiger partial charge in [-0.25, -0.2) is 8.42 Å². The second kappa shape index (κ2) is 4.09. The molecule has 0 radical (unpaired) electrons. The molecule has 0 atom stereocenters. The van der Waals surface area contributed by atoms with Crippen LogP contribution in [0.5, 0.6) is 0 Å². The first-order valence-electron chi connectivity index (χ1n) is 5.17. The van der Waals surface area contributed by atoms with Gasteiger partial charge in [-0.1, -0.05) is 32.9 Å². The molecule has 0 aliphatic carbocycles. The van der Waals surface area contributed by atoms with Crippen LogP contribution in [0.4, 0.5) is 5.69 Å². The van der Waals surface area contributed by atoms with Crippen LogP contribution in [0.1, 0.15) is 26.3 Å². The number of rotatable bonds is 2. The summed E-state index contributed by atoms with van der Waals surface area (Å²) in [6, 6.07) is 7.61. The summed E-state index contributed by atoms with van der Waals surface area (Å²) in [6.45, 7) is 6.38. The fraction of sp³-hybridized carbons (Fsp3) is 0.500. The zero-order chi connectivity index (χ0) is 12.6. The van der Waals surface area contributed by atoms with Crippen molar-refractivity contribution in [2.24, 2.45) is 0 Å². The lowest BCUT2D eigenvalue weighted by Crippen LogP contribution is -2.24. The molecule has 0 heterocycles. The van der Waals surface area contributed by atoms with E-state index in [1.54, 1.807) is 7.05 Å². The standard InChI is InChI=1S/C12H19NO2S/c1-12(2,3)10-6-8-11(9-7-10)13(4)16(5,14)15/h6-9H,1-5H3. The minimum Gasteiger partial charge on any atom is -0.274 e. The molecule has 0 unspecified atom stereocenters. The van der Waals surface area contributed by atoms with Gasteiger partial charge in [-0.15, -0.1) is 0 Å². The van der Waals surface area contributed by atoms with Gasteiger partial charge in [0.1, 0.15) is 0 Å². The SMILES string of the molecule is CN(c1ccc(C(C)(C)C)cc1)S(C)(=O)=O. The Morgan fingerprint density at radius 3 is 1.81 bits per heavy atom. The van der Waals surface area contributed by atoms with Crippen molar-refractivity contribution in [2.75, 3.05) is 17.6 Å². The third-order valence-electron chi connectivity index (χ3n) is 2.59. The average Bonchev–Trinajstić information content (AvgIpc) is 2.14. The Morgan fingerprint density at radius 1 is 1.06 bits per heavy atom. The molecule has 0 bridgehead atoms. The molecule has 0 aliphatic rings. The van der Waals surface area contributed by atoms with E-state index >= 15 is 0 Å². The van der Waals surface area contributed by atoms with Crippen molar-refractivity contribution in [1.82, 2.24) is 0 Å². The molecule has 1 rings (SSSR count). The predicted octanol–water partition coefficient (Wildman–Crippen LogP) is 2.38. The Hall–Kier alpha value is -1.03. The van der Waals surface area contributed by atoms with Crippen molar-refractivity contribution in [3.05, 3.63) is 29.8 Å². The highest BCUT2D eigenvalue weighted by Crippen LogP contribution is 2.25. The topological polar surface area (TPSA) is 37.4 Å². The Bertz CT molecular complexity index is 455. The van der Waals surface area contributed by atoms with E-state index in [4.69, 9.17) is 0 Å². The second-order valence-electron chi connectivity index (χ2n) is 5.03. The Morgan fingerprint density at radius 2 is 1.50 bits per heavy atom. The Balaban J connectivity index is 3.05. The first kappa shape index (κ1) is 13.0. The molecule has 0 saturated carbocycles. The third kappa shape index (κ3) is 2.98. The van der Waals surface area contributed by atoms with Gasteiger partial charge < -0.3 is 0 Å². The molecule has 0 fully saturated rings. The van der Waals surface area contributed by atoms with Gasteiger partial charge in [-0.2, -0.15) is 0 Å². The van der Waals surface area contributed by atoms with Crippen molar-refractivity contribution in [1.29, 1.82) is 0 Å². The maximum absolute atomic E-state index is 11.3. The molecule has 0 spiro atoms. The van der Waals surface area contributed by atoms with Gasteiger partial charge in [0.15, 0.2) is 0 Å². The highest BCUT2D eigenvalue weighted by Gasteiger charge is 2.15. The van der Waals surface area contributed by atoms with E-state index in [1.165, 1.54) is 16.1 Å². The number of hydrogen-bond donors (Lipinski definition) is 0. The van der Waals surface area contributed by atoms with Crippen LogP contribution in [0.2, 0.25) is 0 Å². The van der Waals surface area contributed by atoms with Crippen LogP contribution in [0.15, 0.2) is 24.3 Å². The first-order chi connectivity index (χ1) is 7.12. The first-order valence-corrected chi connectivity index (χ1v) is 7.01. The fourth-order valence-corrected chi connectivity index (χ4v) is 1.87. The van der Waals surface area contributed by atoms with Crippen LogP contribution in [0.3, 0.4) is 0 Å². The molecular formula is C12H19NO2S. The van der Waals surface area contributed by atoms with Gasteiger partial charge in [0.25, 0.3) is 0 Å². The summed E-state index contributed by atoms with van der Waals surface area (Å²) < 4.78 is 24.0. The number of benzene rings is 1. The predicted molar refractivity (Wildman–Crippen MR) is 68.4 cm³/mol. The molecule has 1 aromatic carbocycles. The van der Waals surface area contributed by atoms with Crippen LogP contribution in [0.25, 0.3) is 0 Å². The molecule has 4 heteroatoms. The molecular weight excluding hydrogens is 222 g/mol. The van der Waals surface area contributed by atoms with E-state index < -0.39 is 10.0 Å². The smallest absolute Gasteiger partial charge is 0.231 e. The summed E-state index contributed by atoms with van der Waals surface area (Å²) in [6.07, 6.45) is 1.20. The van der Waals surface area contributed by atoms with Gasteiger partial charge in [0.05, 0.1) is 11.9 Å². The molecule has 0 saturated heterocycles. The molecule has 1 aromatic rings. The van der Waals surface area contributed by atoms with E-state index in [1.807, 2.05) is 24.3 Å². The van der Waals surface area contributed by atoms with Crippen molar-refractivity contribution in [3.63, 3.8) is 0 Å². The number of hydrogen-bond acceptors (Lipinski definition) is 2. The van der Waals surface area contributed by atoms with E-state index in [9.17, 15) is 8.42 Å². The Labute approximate surface area is 98.1 Å². The van der Waals surface area contributed by atoms with Crippen molar-refractivity contribution < 1.29 is 8.42 Å². The summed E-state index contributed by atoms with van der Waals surface area (Å²) in [7, 11) is -1.61. The summed E-state index contributed by atoms with van der Waals surface area (Å²) >= 11 is 0. The second-order valence-corrected chi connectivity index (χ2v) is 7.04. The van der Waals surface area contributed by atoms with E-state index in [-0.39, 0.29) is 5.41 Å². The van der Waals surface area contributed by atoms with Crippen LogP contribution >= 0.6 is 0 Å². The largest absolute Gasteiger partial charge is 0.274 e. The molecule has 0 aliphatic heterocycles. The maximum atomic E-state index is 11.3. The van der Waals surface area contributed by atoms with Crippen LogP contribution < -0.4 is 4.31 Å². The van der Waals surface area contributed by atoms with E-state index in [0.717, 1.165) is 0 Å². The highest BCUT2D eigenvalue weighted by atomic mass is 32.2. The quantitative estimate of drug-likeness (QED) is 0.797. The molecule has 90 valence electrons. The maximum Gasteiger partial charge on any atom is 0.231 e. The van der Waals surface area contributed by atoms with Gasteiger partial charge >= 0.3 is 0 Å². The summed E-state index contributed by atoms with van der Waals surface area (Å²) in [5.41, 5.74) is 1.97. The lowest BCUT2D eigenvalue weighted by atomic mass is 9.87. The molecule has 0 amide bonds. The molecule has 0 aromatic heterocycles. The van der Waals surface area contributed by atoms with E-state index in [0.29, 0.717) is 5.69 Å². The van der Waals surface area contributed by atoms with Crippen LogP contribution in [-0.4, -0.2) is 21.7 Å². The number of anilines is 1. The summed E-state index contributed by atoms with van der Waals surface area (Å²) in [5, 5.41) is 0. The van der Waals surface area contributed by atoms with Gasteiger partial charge in [0.2, 0.25) is 10.0 Å². The number of nitrogens with zero attached hydrogens (tertiary/aromatic N) is 1. The fourth-order valence-electron chi connectivity index (χ4n) is 1.36. The molecule has 0 N–H and O–H groups in total.